The highest BCUT2D eigenvalue weighted by Crippen LogP contribution is 2.11. The second-order valence-corrected chi connectivity index (χ2v) is 7.98. The number of hydrogen-bond donors (Lipinski definition) is 1. The molecular weight excluding hydrogens is 336 g/mol. The lowest BCUT2D eigenvalue weighted by Gasteiger charge is -2.25. The SMILES string of the molecule is CCC(C)N(CCC(=O)NCCc1cccc(Cl)c1)S(C)(=O)=O. The zero-order valence-electron chi connectivity index (χ0n) is 13.9. The third kappa shape index (κ3) is 7.33. The van der Waals surface area contributed by atoms with E-state index in [1.165, 1.54) is 10.6 Å². The Morgan fingerprint density at radius 2 is 2.09 bits per heavy atom. The fourth-order valence-corrected chi connectivity index (χ4v) is 3.69. The molecule has 1 aromatic carbocycles. The normalized spacial score (nSPS) is 13.1. The third-order valence-corrected chi connectivity index (χ3v) is 5.32. The number of benzene rings is 1. The van der Waals surface area contributed by atoms with Crippen molar-refractivity contribution in [2.45, 2.75) is 39.2 Å². The van der Waals surface area contributed by atoms with Crippen molar-refractivity contribution in [1.82, 2.24) is 9.62 Å². The smallest absolute Gasteiger partial charge is 0.221 e. The van der Waals surface area contributed by atoms with Crippen LogP contribution in [-0.2, 0) is 21.2 Å². The second-order valence-electron chi connectivity index (χ2n) is 5.61. The molecule has 0 saturated heterocycles. The fourth-order valence-electron chi connectivity index (χ4n) is 2.26. The number of halogens is 1. The summed E-state index contributed by atoms with van der Waals surface area (Å²) in [4.78, 5) is 11.9. The van der Waals surface area contributed by atoms with Crippen LogP contribution in [0.25, 0.3) is 0 Å². The standard InChI is InChI=1S/C16H25ClN2O3S/c1-4-13(2)19(23(3,21)22)11-9-16(20)18-10-8-14-6-5-7-15(17)12-14/h5-7,12-13H,4,8-11H2,1-3H3,(H,18,20). The molecule has 1 atom stereocenters. The molecule has 1 aromatic rings. The van der Waals surface area contributed by atoms with E-state index in [4.69, 9.17) is 11.6 Å². The van der Waals surface area contributed by atoms with Crippen molar-refractivity contribution in [2.24, 2.45) is 0 Å². The highest BCUT2D eigenvalue weighted by Gasteiger charge is 2.22. The Kier molecular flexibility index (Phi) is 8.02. The topological polar surface area (TPSA) is 66.5 Å². The van der Waals surface area contributed by atoms with E-state index in [0.717, 1.165) is 5.56 Å². The predicted octanol–water partition coefficient (Wildman–Crippen LogP) is 2.45. The van der Waals surface area contributed by atoms with Gasteiger partial charge in [0.25, 0.3) is 0 Å². The number of nitrogens with one attached hydrogen (secondary N) is 1. The molecule has 0 radical (unpaired) electrons. The minimum atomic E-state index is -3.30. The quantitative estimate of drug-likeness (QED) is 0.735. The number of amides is 1. The maximum Gasteiger partial charge on any atom is 0.221 e. The van der Waals surface area contributed by atoms with Gasteiger partial charge in [0, 0.05) is 30.6 Å². The van der Waals surface area contributed by atoms with Gasteiger partial charge in [-0.25, -0.2) is 8.42 Å². The summed E-state index contributed by atoms with van der Waals surface area (Å²) in [5, 5.41) is 3.48. The van der Waals surface area contributed by atoms with Crippen LogP contribution in [0.4, 0.5) is 0 Å². The first-order valence-electron chi connectivity index (χ1n) is 7.72. The average molecular weight is 361 g/mol. The molecule has 1 unspecified atom stereocenters. The molecule has 1 N–H and O–H groups in total. The summed E-state index contributed by atoms with van der Waals surface area (Å²) < 4.78 is 24.9. The van der Waals surface area contributed by atoms with Crippen molar-refractivity contribution in [1.29, 1.82) is 0 Å². The van der Waals surface area contributed by atoms with Gasteiger partial charge in [-0.1, -0.05) is 30.7 Å². The highest BCUT2D eigenvalue weighted by atomic mass is 35.5. The van der Waals surface area contributed by atoms with Crippen molar-refractivity contribution < 1.29 is 13.2 Å². The maximum absolute atomic E-state index is 11.9. The van der Waals surface area contributed by atoms with Crippen LogP contribution < -0.4 is 5.32 Å². The van der Waals surface area contributed by atoms with E-state index in [2.05, 4.69) is 5.32 Å². The minimum Gasteiger partial charge on any atom is -0.356 e. The number of nitrogens with zero attached hydrogens (tertiary/aromatic N) is 1. The first-order chi connectivity index (χ1) is 10.7. The Bertz CT molecular complexity index is 620. The van der Waals surface area contributed by atoms with Crippen LogP contribution in [0.1, 0.15) is 32.3 Å². The van der Waals surface area contributed by atoms with E-state index in [0.29, 0.717) is 24.4 Å². The molecule has 23 heavy (non-hydrogen) atoms. The Hall–Kier alpha value is -1.11. The Balaban J connectivity index is 2.41. The van der Waals surface area contributed by atoms with Gasteiger partial charge in [0.1, 0.15) is 0 Å². The summed E-state index contributed by atoms with van der Waals surface area (Å²) in [5.41, 5.74) is 1.05. The number of hydrogen-bond acceptors (Lipinski definition) is 3. The number of carbonyl (C=O) groups excluding carboxylic acids is 1. The van der Waals surface area contributed by atoms with E-state index in [1.807, 2.05) is 32.0 Å². The molecule has 0 spiro atoms. The lowest BCUT2D eigenvalue weighted by atomic mass is 10.1. The van der Waals surface area contributed by atoms with Gasteiger partial charge in [0.05, 0.1) is 6.26 Å². The van der Waals surface area contributed by atoms with E-state index in [9.17, 15) is 13.2 Å². The highest BCUT2D eigenvalue weighted by molar-refractivity contribution is 7.88. The summed E-state index contributed by atoms with van der Waals surface area (Å²) in [7, 11) is -3.30. The molecule has 130 valence electrons. The van der Waals surface area contributed by atoms with Crippen molar-refractivity contribution in [3.63, 3.8) is 0 Å². The molecule has 0 heterocycles. The first kappa shape index (κ1) is 19.9. The van der Waals surface area contributed by atoms with Crippen molar-refractivity contribution in [3.8, 4) is 0 Å². The minimum absolute atomic E-state index is 0.107. The van der Waals surface area contributed by atoms with Crippen molar-refractivity contribution in [3.05, 3.63) is 34.9 Å². The third-order valence-electron chi connectivity index (χ3n) is 3.69. The van der Waals surface area contributed by atoms with Gasteiger partial charge in [-0.15, -0.1) is 0 Å². The summed E-state index contributed by atoms with van der Waals surface area (Å²) in [6.45, 7) is 4.48. The zero-order valence-corrected chi connectivity index (χ0v) is 15.5. The molecule has 0 aromatic heterocycles. The molecule has 1 rings (SSSR count). The lowest BCUT2D eigenvalue weighted by molar-refractivity contribution is -0.121. The summed E-state index contributed by atoms with van der Waals surface area (Å²) in [6.07, 6.45) is 2.74. The largest absolute Gasteiger partial charge is 0.356 e. The number of rotatable bonds is 9. The van der Waals surface area contributed by atoms with Gasteiger partial charge in [0.15, 0.2) is 0 Å². The molecule has 0 aliphatic heterocycles. The van der Waals surface area contributed by atoms with Crippen LogP contribution in [0.3, 0.4) is 0 Å². The lowest BCUT2D eigenvalue weighted by Crippen LogP contribution is -2.40. The van der Waals surface area contributed by atoms with Crippen molar-refractivity contribution in [2.75, 3.05) is 19.3 Å². The zero-order chi connectivity index (χ0) is 17.5. The molecule has 1 amide bonds. The molecule has 7 heteroatoms. The molecule has 0 saturated carbocycles. The Morgan fingerprint density at radius 3 is 2.65 bits per heavy atom. The van der Waals surface area contributed by atoms with E-state index >= 15 is 0 Å². The van der Waals surface area contributed by atoms with Crippen LogP contribution >= 0.6 is 11.6 Å². The van der Waals surface area contributed by atoms with E-state index < -0.39 is 10.0 Å². The van der Waals surface area contributed by atoms with Gasteiger partial charge in [-0.3, -0.25) is 4.79 Å². The van der Waals surface area contributed by atoms with Gasteiger partial charge < -0.3 is 5.32 Å². The molecular formula is C16H25ClN2O3S. The van der Waals surface area contributed by atoms with Crippen LogP contribution in [0.15, 0.2) is 24.3 Å². The molecule has 0 aliphatic rings. The van der Waals surface area contributed by atoms with Crippen molar-refractivity contribution >= 4 is 27.5 Å². The molecule has 5 nitrogen and oxygen atoms in total. The Labute approximate surface area is 144 Å². The van der Waals surface area contributed by atoms with Crippen LogP contribution in [0.2, 0.25) is 5.02 Å². The first-order valence-corrected chi connectivity index (χ1v) is 9.94. The maximum atomic E-state index is 11.9. The molecule has 0 fully saturated rings. The van der Waals surface area contributed by atoms with Gasteiger partial charge >= 0.3 is 0 Å². The van der Waals surface area contributed by atoms with Gasteiger partial charge in [0.2, 0.25) is 15.9 Å². The summed E-state index contributed by atoms with van der Waals surface area (Å²) in [5.74, 6) is -0.149. The molecule has 0 aliphatic carbocycles. The Morgan fingerprint density at radius 1 is 1.39 bits per heavy atom. The van der Waals surface area contributed by atoms with Crippen LogP contribution in [0.5, 0.6) is 0 Å². The summed E-state index contributed by atoms with van der Waals surface area (Å²) in [6, 6.07) is 7.38. The number of carbonyl (C=O) groups is 1. The average Bonchev–Trinajstić information content (AvgIpc) is 2.45. The predicted molar refractivity (Wildman–Crippen MR) is 94.1 cm³/mol. The van der Waals surface area contributed by atoms with E-state index in [1.54, 1.807) is 6.07 Å². The molecule has 0 bridgehead atoms. The number of sulfonamides is 1. The van der Waals surface area contributed by atoms with Crippen LogP contribution in [-0.4, -0.2) is 44.0 Å². The summed E-state index contributed by atoms with van der Waals surface area (Å²) >= 11 is 5.91. The van der Waals surface area contributed by atoms with Crippen LogP contribution in [0, 0.1) is 0 Å². The van der Waals surface area contributed by atoms with Gasteiger partial charge in [-0.2, -0.15) is 4.31 Å². The van der Waals surface area contributed by atoms with E-state index in [-0.39, 0.29) is 24.9 Å². The second kappa shape index (κ2) is 9.25. The fraction of sp³-hybridized carbons (Fsp3) is 0.562. The van der Waals surface area contributed by atoms with Gasteiger partial charge in [-0.05, 0) is 37.5 Å². The monoisotopic (exact) mass is 360 g/mol.